The van der Waals surface area contributed by atoms with E-state index in [1.165, 1.54) is 0 Å². The largest absolute Gasteiger partial charge is 0.489 e. The molecule has 1 aliphatic rings. The highest BCUT2D eigenvalue weighted by Gasteiger charge is 2.24. The van der Waals surface area contributed by atoms with E-state index in [0.717, 1.165) is 31.7 Å². The molecule has 5 heteroatoms. The van der Waals surface area contributed by atoms with Crippen LogP contribution in [0.2, 0.25) is 5.02 Å². The third kappa shape index (κ3) is 4.33. The van der Waals surface area contributed by atoms with Gasteiger partial charge in [0.25, 0.3) is 0 Å². The van der Waals surface area contributed by atoms with Crippen LogP contribution in [0.25, 0.3) is 0 Å². The van der Waals surface area contributed by atoms with Gasteiger partial charge in [-0.15, -0.1) is 0 Å². The molecule has 21 heavy (non-hydrogen) atoms. The quantitative estimate of drug-likeness (QED) is 0.906. The average Bonchev–Trinajstić information content (AvgIpc) is 2.44. The fraction of sp³-hybridized carbons (Fsp3) is 0.625. The van der Waals surface area contributed by atoms with Crippen LogP contribution >= 0.6 is 11.6 Å². The van der Waals surface area contributed by atoms with Crippen LogP contribution in [-0.4, -0.2) is 60.8 Å². The number of halogens is 1. The molecule has 118 valence electrons. The van der Waals surface area contributed by atoms with Gasteiger partial charge in [-0.05, 0) is 38.6 Å². The molecule has 0 radical (unpaired) electrons. The van der Waals surface area contributed by atoms with Crippen molar-refractivity contribution in [2.24, 2.45) is 0 Å². The summed E-state index contributed by atoms with van der Waals surface area (Å²) >= 11 is 6.30. The van der Waals surface area contributed by atoms with Crippen molar-refractivity contribution in [2.45, 2.75) is 26.0 Å². The first-order valence-corrected chi connectivity index (χ1v) is 7.88. The van der Waals surface area contributed by atoms with Gasteiger partial charge in [0.05, 0.1) is 23.8 Å². The van der Waals surface area contributed by atoms with Gasteiger partial charge in [0.2, 0.25) is 0 Å². The predicted octanol–water partition coefficient (Wildman–Crippen LogP) is 2.41. The summed E-state index contributed by atoms with van der Waals surface area (Å²) in [6.45, 7) is 8.03. The van der Waals surface area contributed by atoms with E-state index in [0.29, 0.717) is 10.8 Å². The summed E-state index contributed by atoms with van der Waals surface area (Å²) in [4.78, 5) is 4.62. The van der Waals surface area contributed by atoms with Gasteiger partial charge in [0.1, 0.15) is 5.75 Å². The number of hydrogen-bond donors (Lipinski definition) is 1. The summed E-state index contributed by atoms with van der Waals surface area (Å²) < 4.78 is 5.66. The van der Waals surface area contributed by atoms with Crippen LogP contribution < -0.4 is 4.74 Å². The number of rotatable bonds is 5. The standard InChI is InChI=1S/C16H25ClN2O2/c1-12(2)21-16-5-4-13(10-14(16)17)15(11-20)19-8-6-18(3)7-9-19/h4-5,10,12,15,20H,6-9,11H2,1-3H3. The third-order valence-corrected chi connectivity index (χ3v) is 4.15. The molecule has 1 aromatic rings. The van der Waals surface area contributed by atoms with E-state index in [1.54, 1.807) is 0 Å². The normalized spacial score (nSPS) is 19.0. The Morgan fingerprint density at radius 3 is 2.43 bits per heavy atom. The smallest absolute Gasteiger partial charge is 0.138 e. The zero-order valence-electron chi connectivity index (χ0n) is 13.1. The fourth-order valence-electron chi connectivity index (χ4n) is 2.64. The third-order valence-electron chi connectivity index (χ3n) is 3.85. The maximum Gasteiger partial charge on any atom is 0.138 e. The Morgan fingerprint density at radius 2 is 1.90 bits per heavy atom. The first-order chi connectivity index (χ1) is 10.0. The van der Waals surface area contributed by atoms with E-state index < -0.39 is 0 Å². The molecule has 1 N–H and O–H groups in total. The predicted molar refractivity (Wildman–Crippen MR) is 86.1 cm³/mol. The van der Waals surface area contributed by atoms with Crippen LogP contribution in [0, 0.1) is 0 Å². The van der Waals surface area contributed by atoms with Crippen molar-refractivity contribution in [1.82, 2.24) is 9.80 Å². The average molecular weight is 313 g/mol. The molecule has 1 aromatic carbocycles. The zero-order valence-corrected chi connectivity index (χ0v) is 13.8. The lowest BCUT2D eigenvalue weighted by Crippen LogP contribution is -2.46. The molecular formula is C16H25ClN2O2. The highest BCUT2D eigenvalue weighted by Crippen LogP contribution is 2.31. The monoisotopic (exact) mass is 312 g/mol. The molecule has 1 saturated heterocycles. The minimum atomic E-state index is 0.00398. The molecule has 1 unspecified atom stereocenters. The van der Waals surface area contributed by atoms with Crippen molar-refractivity contribution >= 4 is 11.6 Å². The summed E-state index contributed by atoms with van der Waals surface area (Å²) in [5.41, 5.74) is 1.04. The number of aliphatic hydroxyl groups is 1. The molecule has 0 aromatic heterocycles. The molecule has 0 bridgehead atoms. The van der Waals surface area contributed by atoms with Crippen molar-refractivity contribution < 1.29 is 9.84 Å². The van der Waals surface area contributed by atoms with Crippen molar-refractivity contribution in [3.63, 3.8) is 0 Å². The molecule has 0 amide bonds. The Bertz CT molecular complexity index is 460. The van der Waals surface area contributed by atoms with Gasteiger partial charge in [-0.1, -0.05) is 17.7 Å². The van der Waals surface area contributed by atoms with Crippen molar-refractivity contribution in [2.75, 3.05) is 39.8 Å². The van der Waals surface area contributed by atoms with Gasteiger partial charge in [-0.2, -0.15) is 0 Å². The Hall–Kier alpha value is -0.810. The first-order valence-electron chi connectivity index (χ1n) is 7.51. The van der Waals surface area contributed by atoms with Crippen LogP contribution in [0.4, 0.5) is 0 Å². The lowest BCUT2D eigenvalue weighted by molar-refractivity contribution is 0.0747. The van der Waals surface area contributed by atoms with Crippen molar-refractivity contribution in [1.29, 1.82) is 0 Å². The number of piperazine rings is 1. The summed E-state index contributed by atoms with van der Waals surface area (Å²) in [6.07, 6.45) is 0.0969. The number of hydrogen-bond acceptors (Lipinski definition) is 4. The second-order valence-electron chi connectivity index (χ2n) is 5.89. The Morgan fingerprint density at radius 1 is 1.24 bits per heavy atom. The molecule has 1 atom stereocenters. The minimum Gasteiger partial charge on any atom is -0.489 e. The number of benzene rings is 1. The first kappa shape index (κ1) is 16.6. The van der Waals surface area contributed by atoms with Gasteiger partial charge in [-0.25, -0.2) is 0 Å². The van der Waals surface area contributed by atoms with Crippen LogP contribution in [-0.2, 0) is 0 Å². The van der Waals surface area contributed by atoms with E-state index in [-0.39, 0.29) is 18.8 Å². The van der Waals surface area contributed by atoms with E-state index in [9.17, 15) is 5.11 Å². The maximum absolute atomic E-state index is 9.77. The SMILES string of the molecule is CC(C)Oc1ccc(C(CO)N2CCN(C)CC2)cc1Cl. The second-order valence-corrected chi connectivity index (χ2v) is 6.30. The summed E-state index contributed by atoms with van der Waals surface area (Å²) in [5.74, 6) is 0.700. The topological polar surface area (TPSA) is 35.9 Å². The van der Waals surface area contributed by atoms with Crippen LogP contribution in [0.5, 0.6) is 5.75 Å². The maximum atomic E-state index is 9.77. The van der Waals surface area contributed by atoms with E-state index in [1.807, 2.05) is 32.0 Å². The molecule has 0 saturated carbocycles. The molecule has 1 fully saturated rings. The van der Waals surface area contributed by atoms with Crippen LogP contribution in [0.15, 0.2) is 18.2 Å². The van der Waals surface area contributed by atoms with Gasteiger partial charge < -0.3 is 14.7 Å². The highest BCUT2D eigenvalue weighted by atomic mass is 35.5. The number of nitrogens with zero attached hydrogens (tertiary/aromatic N) is 2. The molecule has 2 rings (SSSR count). The van der Waals surface area contributed by atoms with Gasteiger partial charge in [-0.3, -0.25) is 4.90 Å². The molecule has 0 spiro atoms. The van der Waals surface area contributed by atoms with E-state index in [4.69, 9.17) is 16.3 Å². The van der Waals surface area contributed by atoms with Gasteiger partial charge in [0, 0.05) is 26.2 Å². The highest BCUT2D eigenvalue weighted by molar-refractivity contribution is 6.32. The minimum absolute atomic E-state index is 0.00398. The Balaban J connectivity index is 2.13. The van der Waals surface area contributed by atoms with Crippen molar-refractivity contribution in [3.8, 4) is 5.75 Å². The van der Waals surface area contributed by atoms with Crippen molar-refractivity contribution in [3.05, 3.63) is 28.8 Å². The Labute approximate surface area is 132 Å². The second kappa shape index (κ2) is 7.45. The van der Waals surface area contributed by atoms with E-state index in [2.05, 4.69) is 16.8 Å². The molecule has 0 aliphatic carbocycles. The van der Waals surface area contributed by atoms with E-state index >= 15 is 0 Å². The van der Waals surface area contributed by atoms with Gasteiger partial charge in [0.15, 0.2) is 0 Å². The zero-order chi connectivity index (χ0) is 15.4. The summed E-state index contributed by atoms with van der Waals surface area (Å²) in [7, 11) is 2.13. The molecular weight excluding hydrogens is 288 g/mol. The number of likely N-dealkylation sites (N-methyl/N-ethyl adjacent to an activating group) is 1. The Kier molecular flexibility index (Phi) is 5.88. The molecule has 1 heterocycles. The lowest BCUT2D eigenvalue weighted by Gasteiger charge is -2.37. The van der Waals surface area contributed by atoms with Gasteiger partial charge >= 0.3 is 0 Å². The number of aliphatic hydroxyl groups excluding tert-OH is 1. The number of ether oxygens (including phenoxy) is 1. The molecule has 4 nitrogen and oxygen atoms in total. The summed E-state index contributed by atoms with van der Waals surface area (Å²) in [5, 5.41) is 10.4. The summed E-state index contributed by atoms with van der Waals surface area (Å²) in [6, 6.07) is 5.82. The lowest BCUT2D eigenvalue weighted by atomic mass is 10.0. The van der Waals surface area contributed by atoms with Crippen LogP contribution in [0.1, 0.15) is 25.5 Å². The molecule has 1 aliphatic heterocycles. The fourth-order valence-corrected chi connectivity index (χ4v) is 2.87. The van der Waals surface area contributed by atoms with Crippen LogP contribution in [0.3, 0.4) is 0 Å².